The summed E-state index contributed by atoms with van der Waals surface area (Å²) in [6, 6.07) is 21.4. The first-order valence-corrected chi connectivity index (χ1v) is 13.5. The van der Waals surface area contributed by atoms with Crippen LogP contribution in [0.15, 0.2) is 96.2 Å². The minimum Gasteiger partial charge on any atom is -0.379 e. The molecule has 12 heteroatoms. The van der Waals surface area contributed by atoms with Crippen LogP contribution in [-0.4, -0.2) is 40.9 Å². The molecule has 0 aliphatic heterocycles. The van der Waals surface area contributed by atoms with Crippen molar-refractivity contribution >= 4 is 44.6 Å². The highest BCUT2D eigenvalue weighted by Crippen LogP contribution is 2.26. The van der Waals surface area contributed by atoms with E-state index in [2.05, 4.69) is 30.6 Å². The van der Waals surface area contributed by atoms with Gasteiger partial charge in [-0.2, -0.15) is 8.42 Å². The van der Waals surface area contributed by atoms with E-state index in [1.807, 2.05) is 25.1 Å². The molecule has 5 rings (SSSR count). The van der Waals surface area contributed by atoms with Crippen LogP contribution < -0.4 is 19.7 Å². The summed E-state index contributed by atoms with van der Waals surface area (Å²) in [7, 11) is -4.08. The predicted molar refractivity (Wildman–Crippen MR) is 148 cm³/mol. The molecule has 0 unspecified atom stereocenters. The molecule has 0 aliphatic carbocycles. The first-order valence-electron chi connectivity index (χ1n) is 12.1. The molecule has 0 fully saturated rings. The van der Waals surface area contributed by atoms with Crippen molar-refractivity contribution in [2.45, 2.75) is 18.4 Å². The topological polar surface area (TPSA) is 142 Å². The number of urea groups is 1. The van der Waals surface area contributed by atoms with Crippen molar-refractivity contribution < 1.29 is 17.4 Å². The first-order chi connectivity index (χ1) is 18.9. The number of carbonyl (C=O) groups excluding carboxylic acids is 1. The lowest BCUT2D eigenvalue weighted by molar-refractivity contribution is 0.257. The third kappa shape index (κ3) is 6.13. The molecule has 0 saturated carbocycles. The fraction of sp³-hybridized carbons (Fsp3) is 0.111. The molecule has 0 saturated heterocycles. The number of hydrogen-bond acceptors (Lipinski definition) is 8. The molecule has 0 spiro atoms. The van der Waals surface area contributed by atoms with E-state index in [0.29, 0.717) is 35.9 Å². The van der Waals surface area contributed by atoms with Crippen molar-refractivity contribution in [1.82, 2.24) is 19.9 Å². The molecule has 0 atom stereocenters. The number of benzene rings is 2. The lowest BCUT2D eigenvalue weighted by Crippen LogP contribution is -2.35. The molecule has 39 heavy (non-hydrogen) atoms. The zero-order valence-electron chi connectivity index (χ0n) is 20.9. The standard InChI is InChI=1S/C27H25N7O4S/c1-2-34(27(35)33-25-8-4-6-16-29-25)26-31-23-14-11-21(17-24(23)32-26)38-39(36,37)22-12-9-19(10-13-22)30-18-20-7-3-5-15-28-20/h3-17,30H,2,18H2,1H3,(H,31,32)(H,29,33,35). The maximum atomic E-state index is 12.9. The Morgan fingerprint density at radius 3 is 2.44 bits per heavy atom. The van der Waals surface area contributed by atoms with Gasteiger partial charge >= 0.3 is 16.1 Å². The van der Waals surface area contributed by atoms with E-state index in [0.717, 1.165) is 11.4 Å². The Morgan fingerprint density at radius 1 is 0.974 bits per heavy atom. The van der Waals surface area contributed by atoms with Crippen molar-refractivity contribution in [2.75, 3.05) is 22.1 Å². The largest absolute Gasteiger partial charge is 0.379 e. The number of imidazole rings is 1. The van der Waals surface area contributed by atoms with Gasteiger partial charge in [0.15, 0.2) is 0 Å². The number of carbonyl (C=O) groups is 1. The quantitative estimate of drug-likeness (QED) is 0.225. The Hall–Kier alpha value is -4.97. The number of fused-ring (bicyclic) bond motifs is 1. The minimum absolute atomic E-state index is 0.0135. The lowest BCUT2D eigenvalue weighted by Gasteiger charge is -2.17. The number of H-pyrrole nitrogens is 1. The van der Waals surface area contributed by atoms with Crippen LogP contribution in [0, 0.1) is 0 Å². The van der Waals surface area contributed by atoms with Gasteiger partial charge in [-0.05, 0) is 67.6 Å². The molecule has 0 radical (unpaired) electrons. The highest BCUT2D eigenvalue weighted by atomic mass is 32.2. The number of hydrogen-bond donors (Lipinski definition) is 3. The molecule has 198 valence electrons. The smallest absolute Gasteiger partial charge is 0.339 e. The Kier molecular flexibility index (Phi) is 7.37. The summed E-state index contributed by atoms with van der Waals surface area (Å²) >= 11 is 0. The van der Waals surface area contributed by atoms with Crippen LogP contribution in [0.2, 0.25) is 0 Å². The van der Waals surface area contributed by atoms with Gasteiger partial charge in [0.1, 0.15) is 16.5 Å². The number of amides is 2. The van der Waals surface area contributed by atoms with Crippen LogP contribution in [0.3, 0.4) is 0 Å². The molecule has 3 heterocycles. The molecule has 3 N–H and O–H groups in total. The summed E-state index contributed by atoms with van der Waals surface area (Å²) in [6.45, 7) is 2.66. The third-order valence-corrected chi connectivity index (χ3v) is 6.97. The molecule has 2 aromatic carbocycles. The first kappa shape index (κ1) is 25.7. The summed E-state index contributed by atoms with van der Waals surface area (Å²) in [5.41, 5.74) is 2.67. The summed E-state index contributed by atoms with van der Waals surface area (Å²) in [5.74, 6) is 0.820. The summed E-state index contributed by atoms with van der Waals surface area (Å²) in [5, 5.41) is 5.92. The zero-order valence-corrected chi connectivity index (χ0v) is 21.7. The summed E-state index contributed by atoms with van der Waals surface area (Å²) in [4.78, 5) is 30.1. The van der Waals surface area contributed by atoms with Crippen molar-refractivity contribution in [1.29, 1.82) is 0 Å². The fourth-order valence-electron chi connectivity index (χ4n) is 3.77. The van der Waals surface area contributed by atoms with Crippen molar-refractivity contribution in [3.63, 3.8) is 0 Å². The maximum Gasteiger partial charge on any atom is 0.339 e. The van der Waals surface area contributed by atoms with E-state index in [9.17, 15) is 13.2 Å². The second-order valence-corrected chi connectivity index (χ2v) is 9.91. The molecular formula is C27H25N7O4S. The fourth-order valence-corrected chi connectivity index (χ4v) is 4.69. The minimum atomic E-state index is -4.08. The Labute approximate surface area is 225 Å². The van der Waals surface area contributed by atoms with E-state index in [1.165, 1.54) is 29.2 Å². The van der Waals surface area contributed by atoms with Gasteiger partial charge < -0.3 is 14.5 Å². The van der Waals surface area contributed by atoms with Crippen LogP contribution in [0.25, 0.3) is 11.0 Å². The van der Waals surface area contributed by atoms with Gasteiger partial charge in [0.25, 0.3) is 0 Å². The molecule has 2 amide bonds. The molecule has 0 aliphatic rings. The average molecular weight is 544 g/mol. The number of nitrogens with zero attached hydrogens (tertiary/aromatic N) is 4. The van der Waals surface area contributed by atoms with E-state index in [1.54, 1.807) is 48.8 Å². The van der Waals surface area contributed by atoms with Crippen molar-refractivity contribution in [2.24, 2.45) is 0 Å². The van der Waals surface area contributed by atoms with Crippen LogP contribution in [-0.2, 0) is 16.7 Å². The molecular weight excluding hydrogens is 518 g/mol. The molecule has 11 nitrogen and oxygen atoms in total. The number of aromatic amines is 1. The van der Waals surface area contributed by atoms with Gasteiger partial charge in [0, 0.05) is 30.7 Å². The number of pyridine rings is 2. The van der Waals surface area contributed by atoms with E-state index in [4.69, 9.17) is 4.18 Å². The lowest BCUT2D eigenvalue weighted by atomic mass is 10.3. The summed E-state index contributed by atoms with van der Waals surface area (Å²) < 4.78 is 31.2. The monoisotopic (exact) mass is 543 g/mol. The Morgan fingerprint density at radius 2 is 1.74 bits per heavy atom. The van der Waals surface area contributed by atoms with E-state index < -0.39 is 16.1 Å². The van der Waals surface area contributed by atoms with Gasteiger partial charge in [0.05, 0.1) is 23.3 Å². The predicted octanol–water partition coefficient (Wildman–Crippen LogP) is 4.79. The van der Waals surface area contributed by atoms with E-state index >= 15 is 0 Å². The number of anilines is 3. The Balaban J connectivity index is 1.27. The van der Waals surface area contributed by atoms with Crippen LogP contribution in [0.5, 0.6) is 5.75 Å². The van der Waals surface area contributed by atoms with Crippen molar-refractivity contribution in [3.05, 3.63) is 97.0 Å². The number of aromatic nitrogens is 4. The average Bonchev–Trinajstić information content (AvgIpc) is 3.36. The van der Waals surface area contributed by atoms with Crippen LogP contribution >= 0.6 is 0 Å². The maximum absolute atomic E-state index is 12.9. The zero-order chi connectivity index (χ0) is 27.2. The third-order valence-electron chi connectivity index (χ3n) is 5.71. The highest BCUT2D eigenvalue weighted by Gasteiger charge is 2.20. The van der Waals surface area contributed by atoms with E-state index in [-0.39, 0.29) is 10.6 Å². The van der Waals surface area contributed by atoms with Gasteiger partial charge in [-0.3, -0.25) is 15.2 Å². The molecule has 5 aromatic rings. The second kappa shape index (κ2) is 11.2. The second-order valence-electron chi connectivity index (χ2n) is 8.37. The van der Waals surface area contributed by atoms with Gasteiger partial charge in [0.2, 0.25) is 5.95 Å². The van der Waals surface area contributed by atoms with Gasteiger partial charge in [-0.25, -0.2) is 14.8 Å². The van der Waals surface area contributed by atoms with Crippen LogP contribution in [0.4, 0.5) is 22.2 Å². The SMILES string of the molecule is CCN(C(=O)Nc1ccccn1)c1nc2ccc(OS(=O)(=O)c3ccc(NCc4ccccn4)cc3)cc2[nH]1. The Bertz CT molecular complexity index is 1680. The summed E-state index contributed by atoms with van der Waals surface area (Å²) in [6.07, 6.45) is 3.30. The van der Waals surface area contributed by atoms with Crippen LogP contribution in [0.1, 0.15) is 12.6 Å². The molecule has 3 aromatic heterocycles. The van der Waals surface area contributed by atoms with Crippen molar-refractivity contribution in [3.8, 4) is 5.75 Å². The number of rotatable bonds is 9. The number of nitrogens with one attached hydrogen (secondary N) is 3. The normalized spacial score (nSPS) is 11.2. The highest BCUT2D eigenvalue weighted by molar-refractivity contribution is 7.87. The van der Waals surface area contributed by atoms with Gasteiger partial charge in [-0.1, -0.05) is 12.1 Å². The van der Waals surface area contributed by atoms with Gasteiger partial charge in [-0.15, -0.1) is 0 Å². The molecule has 0 bridgehead atoms.